The highest BCUT2D eigenvalue weighted by atomic mass is 32.2. The second-order valence-corrected chi connectivity index (χ2v) is 5.91. The second kappa shape index (κ2) is 7.87. The average molecular weight is 350 g/mol. The molecule has 0 aliphatic carbocycles. The molecule has 1 aliphatic rings. The van der Waals surface area contributed by atoms with Gasteiger partial charge >= 0.3 is 0 Å². The highest BCUT2D eigenvalue weighted by molar-refractivity contribution is 8.18. The summed E-state index contributed by atoms with van der Waals surface area (Å²) >= 11 is 0.807. The highest BCUT2D eigenvalue weighted by Crippen LogP contribution is 2.35. The second-order valence-electron chi connectivity index (χ2n) is 4.92. The summed E-state index contributed by atoms with van der Waals surface area (Å²) in [4.78, 5) is 36.0. The lowest BCUT2D eigenvalue weighted by Crippen LogP contribution is -2.30. The van der Waals surface area contributed by atoms with Crippen LogP contribution in [0.15, 0.2) is 23.1 Å². The Bertz CT molecular complexity index is 700. The number of hydrogen-bond acceptors (Lipinski definition) is 7. The van der Waals surface area contributed by atoms with Crippen molar-refractivity contribution in [3.8, 4) is 11.5 Å². The Labute approximate surface area is 143 Å². The molecule has 8 heteroatoms. The summed E-state index contributed by atoms with van der Waals surface area (Å²) in [6.45, 7) is 0.0469. The predicted octanol–water partition coefficient (Wildman–Crippen LogP) is 1.27. The first-order valence-corrected chi connectivity index (χ1v) is 7.95. The lowest BCUT2D eigenvalue weighted by atomic mass is 10.1. The summed E-state index contributed by atoms with van der Waals surface area (Å²) in [7, 11) is 3.03. The number of amides is 2. The molecule has 1 heterocycles. The fourth-order valence-electron chi connectivity index (χ4n) is 2.17. The molecule has 0 unspecified atom stereocenters. The molecule has 0 atom stereocenters. The van der Waals surface area contributed by atoms with Crippen LogP contribution in [0.5, 0.6) is 11.5 Å². The zero-order valence-electron chi connectivity index (χ0n) is 13.2. The quantitative estimate of drug-likeness (QED) is 0.683. The Balaban J connectivity index is 2.20. The Hall–Kier alpha value is -2.48. The van der Waals surface area contributed by atoms with Gasteiger partial charge in [0.15, 0.2) is 0 Å². The third kappa shape index (κ3) is 4.08. The molecule has 7 nitrogen and oxygen atoms in total. The Morgan fingerprint density at radius 3 is 2.67 bits per heavy atom. The number of ether oxygens (including phenoxy) is 2. The van der Waals surface area contributed by atoms with Crippen molar-refractivity contribution in [2.75, 3.05) is 20.8 Å². The lowest BCUT2D eigenvalue weighted by Gasteiger charge is -2.12. The molecule has 24 heavy (non-hydrogen) atoms. The van der Waals surface area contributed by atoms with Crippen molar-refractivity contribution in [3.05, 3.63) is 28.7 Å². The van der Waals surface area contributed by atoms with E-state index < -0.39 is 17.1 Å². The number of benzene rings is 1. The molecule has 2 amide bonds. The number of carboxylic acids is 1. The van der Waals surface area contributed by atoms with Crippen LogP contribution in [0.4, 0.5) is 4.79 Å². The molecule has 1 fully saturated rings. The van der Waals surface area contributed by atoms with E-state index in [0.717, 1.165) is 16.7 Å². The van der Waals surface area contributed by atoms with E-state index in [4.69, 9.17) is 9.47 Å². The maximum absolute atomic E-state index is 12.3. The number of nitrogens with zero attached hydrogens (tertiary/aromatic N) is 1. The Morgan fingerprint density at radius 2 is 2.04 bits per heavy atom. The molecule has 1 saturated heterocycles. The van der Waals surface area contributed by atoms with Crippen molar-refractivity contribution in [3.63, 3.8) is 0 Å². The lowest BCUT2D eigenvalue weighted by molar-refractivity contribution is -0.305. The van der Waals surface area contributed by atoms with Gasteiger partial charge in [0.2, 0.25) is 0 Å². The van der Waals surface area contributed by atoms with Crippen molar-refractivity contribution >= 4 is 35.0 Å². The predicted molar refractivity (Wildman–Crippen MR) is 86.5 cm³/mol. The van der Waals surface area contributed by atoms with E-state index in [2.05, 4.69) is 0 Å². The SMILES string of the molecule is COc1ccc(OC)c(/C=C2/SC(=O)N(CCCC(=O)[O-])C2=O)c1. The standard InChI is InChI=1S/C16H17NO6S/c1-22-11-5-6-12(23-2)10(8-11)9-13-15(20)17(16(21)24-13)7-3-4-14(18)19/h5-6,8-9H,3-4,7H2,1-2H3,(H,18,19)/p-1/b13-9+. The van der Waals surface area contributed by atoms with E-state index in [0.29, 0.717) is 17.1 Å². The summed E-state index contributed by atoms with van der Waals surface area (Å²) in [5.74, 6) is -0.526. The van der Waals surface area contributed by atoms with Crippen LogP contribution in [-0.4, -0.2) is 42.8 Å². The summed E-state index contributed by atoms with van der Waals surface area (Å²) in [6, 6.07) is 5.12. The van der Waals surface area contributed by atoms with Gasteiger partial charge in [-0.15, -0.1) is 0 Å². The van der Waals surface area contributed by atoms with E-state index in [1.165, 1.54) is 14.2 Å². The van der Waals surface area contributed by atoms with Crippen LogP contribution in [0.25, 0.3) is 6.08 Å². The number of thioether (sulfide) groups is 1. The van der Waals surface area contributed by atoms with Crippen LogP contribution in [0, 0.1) is 0 Å². The number of methoxy groups -OCH3 is 2. The number of hydrogen-bond donors (Lipinski definition) is 0. The van der Waals surface area contributed by atoms with Crippen LogP contribution in [-0.2, 0) is 9.59 Å². The van der Waals surface area contributed by atoms with Gasteiger partial charge < -0.3 is 19.4 Å². The number of aliphatic carboxylic acids is 1. The Kier molecular flexibility index (Phi) is 5.86. The third-order valence-electron chi connectivity index (χ3n) is 3.36. The molecule has 0 bridgehead atoms. The summed E-state index contributed by atoms with van der Waals surface area (Å²) in [5, 5.41) is 10.0. The number of carboxylic acid groups (broad SMARTS) is 1. The van der Waals surface area contributed by atoms with Crippen LogP contribution >= 0.6 is 11.8 Å². The third-order valence-corrected chi connectivity index (χ3v) is 4.27. The van der Waals surface area contributed by atoms with Gasteiger partial charge in [0.25, 0.3) is 11.1 Å². The molecule has 128 valence electrons. The maximum Gasteiger partial charge on any atom is 0.293 e. The molecule has 2 rings (SSSR count). The molecule has 1 aliphatic heterocycles. The number of rotatable bonds is 7. The fourth-order valence-corrected chi connectivity index (χ4v) is 3.02. The summed E-state index contributed by atoms with van der Waals surface area (Å²) in [5.41, 5.74) is 0.608. The molecule has 1 aromatic rings. The van der Waals surface area contributed by atoms with Gasteiger partial charge in [-0.1, -0.05) is 0 Å². The average Bonchev–Trinajstić information content (AvgIpc) is 2.81. The van der Waals surface area contributed by atoms with Gasteiger partial charge in [-0.25, -0.2) is 0 Å². The number of carbonyl (C=O) groups is 3. The smallest absolute Gasteiger partial charge is 0.293 e. The van der Waals surface area contributed by atoms with Gasteiger partial charge in [-0.05, 0) is 48.9 Å². The van der Waals surface area contributed by atoms with E-state index in [-0.39, 0.29) is 24.3 Å². The van der Waals surface area contributed by atoms with Gasteiger partial charge in [0.1, 0.15) is 11.5 Å². The van der Waals surface area contributed by atoms with E-state index in [1.807, 2.05) is 0 Å². The van der Waals surface area contributed by atoms with Crippen LogP contribution < -0.4 is 14.6 Å². The molecule has 0 spiro atoms. The molecule has 0 radical (unpaired) electrons. The van der Waals surface area contributed by atoms with Crippen molar-refractivity contribution in [1.29, 1.82) is 0 Å². The molecule has 1 aromatic carbocycles. The topological polar surface area (TPSA) is 96.0 Å². The first-order valence-electron chi connectivity index (χ1n) is 7.13. The molecular weight excluding hydrogens is 334 g/mol. The largest absolute Gasteiger partial charge is 0.550 e. The van der Waals surface area contributed by atoms with Crippen molar-refractivity contribution in [1.82, 2.24) is 4.90 Å². The van der Waals surface area contributed by atoms with E-state index >= 15 is 0 Å². The van der Waals surface area contributed by atoms with E-state index in [1.54, 1.807) is 24.3 Å². The molecule has 0 aromatic heterocycles. The monoisotopic (exact) mass is 350 g/mol. The molecular formula is C16H16NO6S-. The van der Waals surface area contributed by atoms with Gasteiger partial charge in [-0.3, -0.25) is 14.5 Å². The first kappa shape index (κ1) is 17.9. The van der Waals surface area contributed by atoms with Gasteiger partial charge in [0, 0.05) is 18.1 Å². The van der Waals surface area contributed by atoms with Crippen LogP contribution in [0.3, 0.4) is 0 Å². The zero-order chi connectivity index (χ0) is 17.7. The maximum atomic E-state index is 12.3. The van der Waals surface area contributed by atoms with Crippen molar-refractivity contribution in [2.45, 2.75) is 12.8 Å². The normalized spacial score (nSPS) is 15.9. The highest BCUT2D eigenvalue weighted by Gasteiger charge is 2.34. The fraction of sp³-hybridized carbons (Fsp3) is 0.312. The van der Waals surface area contributed by atoms with E-state index in [9.17, 15) is 19.5 Å². The Morgan fingerprint density at radius 1 is 1.29 bits per heavy atom. The minimum absolute atomic E-state index is 0.0469. The van der Waals surface area contributed by atoms with Gasteiger partial charge in [0.05, 0.1) is 19.1 Å². The minimum Gasteiger partial charge on any atom is -0.550 e. The summed E-state index contributed by atoms with van der Waals surface area (Å²) in [6.07, 6.45) is 1.52. The molecule has 0 saturated carbocycles. The molecule has 0 N–H and O–H groups in total. The van der Waals surface area contributed by atoms with Crippen LogP contribution in [0.2, 0.25) is 0 Å². The first-order chi connectivity index (χ1) is 11.5. The number of carbonyl (C=O) groups excluding carboxylic acids is 3. The minimum atomic E-state index is -1.21. The van der Waals surface area contributed by atoms with Gasteiger partial charge in [-0.2, -0.15) is 0 Å². The van der Waals surface area contributed by atoms with Crippen molar-refractivity contribution < 1.29 is 29.0 Å². The van der Waals surface area contributed by atoms with Crippen molar-refractivity contribution in [2.24, 2.45) is 0 Å². The summed E-state index contributed by atoms with van der Waals surface area (Å²) < 4.78 is 10.4. The number of imide groups is 1. The zero-order valence-corrected chi connectivity index (χ0v) is 14.1. The van der Waals surface area contributed by atoms with Crippen LogP contribution in [0.1, 0.15) is 18.4 Å².